The van der Waals surface area contributed by atoms with E-state index in [1.807, 2.05) is 18.2 Å². The first kappa shape index (κ1) is 14.0. The smallest absolute Gasteiger partial charge is 0.284 e. The normalized spacial score (nSPS) is 14.1. The maximum atomic E-state index is 12.3. The van der Waals surface area contributed by atoms with E-state index in [1.165, 1.54) is 16.2 Å². The number of hydrogen-bond acceptors (Lipinski definition) is 5. The third kappa shape index (κ3) is 3.22. The van der Waals surface area contributed by atoms with Crippen molar-refractivity contribution in [1.29, 1.82) is 0 Å². The Morgan fingerprint density at radius 1 is 1.38 bits per heavy atom. The molecule has 0 spiro atoms. The van der Waals surface area contributed by atoms with E-state index in [0.717, 1.165) is 31.6 Å². The predicted molar refractivity (Wildman–Crippen MR) is 83.3 cm³/mol. The first-order valence-corrected chi connectivity index (χ1v) is 7.72. The lowest BCUT2D eigenvalue weighted by atomic mass is 10.2. The van der Waals surface area contributed by atoms with Gasteiger partial charge < -0.3 is 15.4 Å². The molecule has 0 unspecified atom stereocenters. The monoisotopic (exact) mass is 303 g/mol. The van der Waals surface area contributed by atoms with Crippen LogP contribution in [0.25, 0.3) is 0 Å². The fourth-order valence-electron chi connectivity index (χ4n) is 2.29. The molecule has 2 aromatic rings. The minimum atomic E-state index is -0.158. The Bertz CT molecular complexity index is 631. The Kier molecular flexibility index (Phi) is 4.17. The lowest BCUT2D eigenvalue weighted by Crippen LogP contribution is -2.17. The van der Waals surface area contributed by atoms with Gasteiger partial charge >= 0.3 is 0 Å². The highest BCUT2D eigenvalue weighted by atomic mass is 32.1. The Morgan fingerprint density at radius 3 is 3.10 bits per heavy atom. The predicted octanol–water partition coefficient (Wildman–Crippen LogP) is 2.09. The molecule has 0 saturated carbocycles. The molecule has 1 aliphatic heterocycles. The van der Waals surface area contributed by atoms with Crippen molar-refractivity contribution in [1.82, 2.24) is 10.3 Å². The lowest BCUT2D eigenvalue weighted by molar-refractivity contribution is 0.102. The first-order valence-electron chi connectivity index (χ1n) is 6.91. The average molecular weight is 303 g/mol. The molecule has 1 amide bonds. The number of methoxy groups -OCH3 is 1. The van der Waals surface area contributed by atoms with Gasteiger partial charge in [0.15, 0.2) is 5.01 Å². The molecule has 1 aromatic carbocycles. The van der Waals surface area contributed by atoms with Gasteiger partial charge in [0.2, 0.25) is 0 Å². The number of nitrogens with zero attached hydrogens (tertiary/aromatic N) is 1. The van der Waals surface area contributed by atoms with E-state index >= 15 is 0 Å². The summed E-state index contributed by atoms with van der Waals surface area (Å²) in [5.41, 5.74) is 1.77. The number of carbonyl (C=O) groups excluding carboxylic acids is 1. The maximum absolute atomic E-state index is 12.3. The molecule has 0 atom stereocenters. The summed E-state index contributed by atoms with van der Waals surface area (Å²) in [6, 6.07) is 7.31. The van der Waals surface area contributed by atoms with Crippen molar-refractivity contribution in [3.05, 3.63) is 39.8 Å². The minimum Gasteiger partial charge on any atom is -0.497 e. The van der Waals surface area contributed by atoms with Crippen LogP contribution in [0.1, 0.15) is 20.4 Å². The van der Waals surface area contributed by atoms with Crippen LogP contribution in [-0.4, -0.2) is 31.1 Å². The van der Waals surface area contributed by atoms with E-state index in [-0.39, 0.29) is 5.91 Å². The molecular formula is C15H17N3O2S. The average Bonchev–Trinajstić information content (AvgIpc) is 2.79. The summed E-state index contributed by atoms with van der Waals surface area (Å²) in [5, 5.41) is 6.74. The van der Waals surface area contributed by atoms with E-state index in [0.29, 0.717) is 16.4 Å². The molecule has 6 heteroatoms. The van der Waals surface area contributed by atoms with Crippen LogP contribution in [-0.2, 0) is 12.8 Å². The van der Waals surface area contributed by atoms with Crippen LogP contribution in [0.15, 0.2) is 24.3 Å². The van der Waals surface area contributed by atoms with E-state index in [9.17, 15) is 4.79 Å². The number of thiazole rings is 1. The molecule has 1 aliphatic rings. The van der Waals surface area contributed by atoms with Crippen molar-refractivity contribution in [2.45, 2.75) is 12.8 Å². The third-order valence-electron chi connectivity index (χ3n) is 3.37. The zero-order valence-corrected chi connectivity index (χ0v) is 12.6. The topological polar surface area (TPSA) is 63.2 Å². The lowest BCUT2D eigenvalue weighted by Gasteiger charge is -2.05. The highest BCUT2D eigenvalue weighted by molar-refractivity contribution is 7.13. The van der Waals surface area contributed by atoms with Gasteiger partial charge in [0.25, 0.3) is 5.91 Å². The van der Waals surface area contributed by atoms with Gasteiger partial charge in [-0.2, -0.15) is 0 Å². The van der Waals surface area contributed by atoms with Gasteiger partial charge in [-0.1, -0.05) is 6.07 Å². The van der Waals surface area contributed by atoms with Crippen LogP contribution in [0.5, 0.6) is 5.75 Å². The Labute approximate surface area is 127 Å². The van der Waals surface area contributed by atoms with Gasteiger partial charge in [0.05, 0.1) is 12.8 Å². The second-order valence-corrected chi connectivity index (χ2v) is 5.91. The molecule has 5 nitrogen and oxygen atoms in total. The van der Waals surface area contributed by atoms with Crippen LogP contribution in [0, 0.1) is 0 Å². The molecule has 2 heterocycles. The van der Waals surface area contributed by atoms with Gasteiger partial charge in [-0.25, -0.2) is 4.98 Å². The van der Waals surface area contributed by atoms with E-state index < -0.39 is 0 Å². The number of amides is 1. The minimum absolute atomic E-state index is 0.158. The van der Waals surface area contributed by atoms with Crippen LogP contribution < -0.4 is 15.4 Å². The van der Waals surface area contributed by atoms with Crippen molar-refractivity contribution in [2.24, 2.45) is 0 Å². The van der Waals surface area contributed by atoms with Crippen LogP contribution >= 0.6 is 11.3 Å². The van der Waals surface area contributed by atoms with E-state index in [1.54, 1.807) is 13.2 Å². The molecule has 0 saturated heterocycles. The molecule has 21 heavy (non-hydrogen) atoms. The number of nitrogens with one attached hydrogen (secondary N) is 2. The quantitative estimate of drug-likeness (QED) is 0.911. The van der Waals surface area contributed by atoms with Gasteiger partial charge in [-0.05, 0) is 18.6 Å². The number of carbonyl (C=O) groups is 1. The summed E-state index contributed by atoms with van der Waals surface area (Å²) < 4.78 is 5.15. The van der Waals surface area contributed by atoms with Crippen molar-refractivity contribution < 1.29 is 9.53 Å². The number of anilines is 1. The van der Waals surface area contributed by atoms with E-state index in [4.69, 9.17) is 4.74 Å². The van der Waals surface area contributed by atoms with Crippen LogP contribution in [0.4, 0.5) is 5.69 Å². The highest BCUT2D eigenvalue weighted by Gasteiger charge is 2.18. The fraction of sp³-hybridized carbons (Fsp3) is 0.333. The summed E-state index contributed by atoms with van der Waals surface area (Å²) >= 11 is 1.49. The fourth-order valence-corrected chi connectivity index (χ4v) is 3.29. The Morgan fingerprint density at radius 2 is 2.24 bits per heavy atom. The molecule has 110 valence electrons. The number of fused-ring (bicyclic) bond motifs is 1. The van der Waals surface area contributed by atoms with Gasteiger partial charge in [-0.3, -0.25) is 4.79 Å². The molecule has 0 radical (unpaired) electrons. The van der Waals surface area contributed by atoms with Gasteiger partial charge in [0, 0.05) is 36.1 Å². The summed E-state index contributed by atoms with van der Waals surface area (Å²) in [4.78, 5) is 18.0. The molecule has 3 rings (SSSR count). The molecule has 0 bridgehead atoms. The molecule has 1 aromatic heterocycles. The SMILES string of the molecule is COc1cccc(NC(=O)c2nc3c(s2)CCNCC3)c1. The Balaban J connectivity index is 1.76. The number of aromatic nitrogens is 1. The summed E-state index contributed by atoms with van der Waals surface area (Å²) in [7, 11) is 1.60. The van der Waals surface area contributed by atoms with Crippen LogP contribution in [0.3, 0.4) is 0 Å². The van der Waals surface area contributed by atoms with Gasteiger partial charge in [-0.15, -0.1) is 11.3 Å². The number of rotatable bonds is 3. The molecule has 0 aliphatic carbocycles. The molecular weight excluding hydrogens is 286 g/mol. The summed E-state index contributed by atoms with van der Waals surface area (Å²) in [6.07, 6.45) is 1.83. The summed E-state index contributed by atoms with van der Waals surface area (Å²) in [6.45, 7) is 1.87. The third-order valence-corrected chi connectivity index (χ3v) is 4.52. The zero-order valence-electron chi connectivity index (χ0n) is 11.8. The van der Waals surface area contributed by atoms with Gasteiger partial charge in [0.1, 0.15) is 5.75 Å². The highest BCUT2D eigenvalue weighted by Crippen LogP contribution is 2.23. The summed E-state index contributed by atoms with van der Waals surface area (Å²) in [5.74, 6) is 0.558. The second-order valence-electron chi connectivity index (χ2n) is 4.82. The largest absolute Gasteiger partial charge is 0.497 e. The van der Waals surface area contributed by atoms with Crippen LogP contribution in [0.2, 0.25) is 0 Å². The molecule has 0 fully saturated rings. The second kappa shape index (κ2) is 6.24. The first-order chi connectivity index (χ1) is 10.3. The Hall–Kier alpha value is -1.92. The molecule has 2 N–H and O–H groups in total. The standard InChI is InChI=1S/C15H17N3O2S/c1-20-11-4-2-3-10(9-11)17-14(19)15-18-12-5-7-16-8-6-13(12)21-15/h2-4,9,16H,5-8H2,1H3,(H,17,19). The van der Waals surface area contributed by atoms with Crippen molar-refractivity contribution in [2.75, 3.05) is 25.5 Å². The van der Waals surface area contributed by atoms with E-state index in [2.05, 4.69) is 15.6 Å². The van der Waals surface area contributed by atoms with Crippen molar-refractivity contribution in [3.8, 4) is 5.75 Å². The zero-order chi connectivity index (χ0) is 14.7. The van der Waals surface area contributed by atoms with Crippen molar-refractivity contribution >= 4 is 22.9 Å². The number of ether oxygens (including phenoxy) is 1. The number of benzene rings is 1. The number of hydrogen-bond donors (Lipinski definition) is 2. The maximum Gasteiger partial charge on any atom is 0.284 e. The van der Waals surface area contributed by atoms with Crippen molar-refractivity contribution in [3.63, 3.8) is 0 Å².